The summed E-state index contributed by atoms with van der Waals surface area (Å²) in [5.41, 5.74) is 0.597. The summed E-state index contributed by atoms with van der Waals surface area (Å²) in [6.45, 7) is 11.4. The fourth-order valence-electron chi connectivity index (χ4n) is 3.58. The summed E-state index contributed by atoms with van der Waals surface area (Å²) in [7, 11) is 0. The molecule has 6 nitrogen and oxygen atoms in total. The second kappa shape index (κ2) is 6.42. The molecule has 3 rings (SSSR count). The SMILES string of the molecule is [C-]#[N+]c1ccc2c(c1)[C@@H](N1CCCC1=O)[C@H](OCC[O-])C(C)(C)O2. The molecule has 0 spiro atoms. The van der Waals surface area contributed by atoms with E-state index >= 15 is 0 Å². The molecular formula is C18H21N2O4-. The van der Waals surface area contributed by atoms with Crippen LogP contribution in [0.1, 0.15) is 38.3 Å². The van der Waals surface area contributed by atoms with Gasteiger partial charge in [0, 0.05) is 25.1 Å². The van der Waals surface area contributed by atoms with Crippen molar-refractivity contribution in [1.82, 2.24) is 4.90 Å². The molecule has 0 aliphatic carbocycles. The first-order valence-corrected chi connectivity index (χ1v) is 8.17. The zero-order valence-corrected chi connectivity index (χ0v) is 13.9. The van der Waals surface area contributed by atoms with Crippen molar-refractivity contribution in [2.45, 2.75) is 44.4 Å². The van der Waals surface area contributed by atoms with Crippen molar-refractivity contribution in [2.24, 2.45) is 0 Å². The molecule has 1 aromatic rings. The Morgan fingerprint density at radius 3 is 2.92 bits per heavy atom. The lowest BCUT2D eigenvalue weighted by Crippen LogP contribution is -2.55. The van der Waals surface area contributed by atoms with E-state index in [0.29, 0.717) is 24.4 Å². The van der Waals surface area contributed by atoms with Crippen molar-refractivity contribution in [3.63, 3.8) is 0 Å². The van der Waals surface area contributed by atoms with Gasteiger partial charge in [-0.1, -0.05) is 6.07 Å². The van der Waals surface area contributed by atoms with Gasteiger partial charge in [-0.05, 0) is 32.4 Å². The van der Waals surface area contributed by atoms with Crippen LogP contribution in [0.25, 0.3) is 4.85 Å². The van der Waals surface area contributed by atoms with Crippen LogP contribution < -0.4 is 9.84 Å². The third-order valence-corrected chi connectivity index (χ3v) is 4.61. The predicted molar refractivity (Wildman–Crippen MR) is 85.7 cm³/mol. The third kappa shape index (κ3) is 2.85. The number of ether oxygens (including phenoxy) is 2. The van der Waals surface area contributed by atoms with Crippen LogP contribution >= 0.6 is 0 Å². The summed E-state index contributed by atoms with van der Waals surface area (Å²) in [6, 6.07) is 4.92. The Morgan fingerprint density at radius 1 is 1.50 bits per heavy atom. The van der Waals surface area contributed by atoms with Crippen LogP contribution in [0.5, 0.6) is 5.75 Å². The van der Waals surface area contributed by atoms with Crippen molar-refractivity contribution < 1.29 is 19.4 Å². The molecule has 6 heteroatoms. The monoisotopic (exact) mass is 329 g/mol. The fraction of sp³-hybridized carbons (Fsp3) is 0.556. The molecular weight excluding hydrogens is 308 g/mol. The van der Waals surface area contributed by atoms with Crippen LogP contribution in [0.2, 0.25) is 0 Å². The minimum Gasteiger partial charge on any atom is -0.853 e. The highest BCUT2D eigenvalue weighted by Gasteiger charge is 2.48. The molecule has 2 aliphatic rings. The van der Waals surface area contributed by atoms with Crippen LogP contribution in [0.4, 0.5) is 5.69 Å². The molecule has 1 saturated heterocycles. The highest BCUT2D eigenvalue weighted by atomic mass is 16.6. The summed E-state index contributed by atoms with van der Waals surface area (Å²) in [6.07, 6.45) is 0.870. The van der Waals surface area contributed by atoms with E-state index in [1.54, 1.807) is 18.2 Å². The quantitative estimate of drug-likeness (QED) is 0.790. The van der Waals surface area contributed by atoms with Crippen molar-refractivity contribution in [2.75, 3.05) is 19.8 Å². The lowest BCUT2D eigenvalue weighted by Gasteiger charge is -2.47. The zero-order chi connectivity index (χ0) is 17.3. The average Bonchev–Trinajstić information content (AvgIpc) is 2.97. The van der Waals surface area contributed by atoms with Crippen LogP contribution in [-0.4, -0.2) is 42.3 Å². The molecule has 0 saturated carbocycles. The summed E-state index contributed by atoms with van der Waals surface area (Å²) < 4.78 is 11.9. The number of carbonyl (C=O) groups is 1. The van der Waals surface area contributed by atoms with Gasteiger partial charge in [0.2, 0.25) is 5.91 Å². The first-order chi connectivity index (χ1) is 11.5. The molecule has 0 radical (unpaired) electrons. The molecule has 1 aromatic carbocycles. The first kappa shape index (κ1) is 16.7. The Kier molecular flexibility index (Phi) is 4.48. The topological polar surface area (TPSA) is 66.2 Å². The largest absolute Gasteiger partial charge is 0.853 e. The maximum Gasteiger partial charge on any atom is 0.223 e. The molecule has 128 valence electrons. The lowest BCUT2D eigenvalue weighted by atomic mass is 9.85. The van der Waals surface area contributed by atoms with Crippen LogP contribution in [0.3, 0.4) is 0 Å². The summed E-state index contributed by atoms with van der Waals surface area (Å²) in [5, 5.41) is 10.9. The molecule has 2 heterocycles. The van der Waals surface area contributed by atoms with Crippen LogP contribution in [-0.2, 0) is 9.53 Å². The van der Waals surface area contributed by atoms with E-state index in [4.69, 9.17) is 16.0 Å². The van der Waals surface area contributed by atoms with Crippen molar-refractivity contribution in [3.05, 3.63) is 35.2 Å². The van der Waals surface area contributed by atoms with E-state index in [0.717, 1.165) is 12.0 Å². The molecule has 0 aromatic heterocycles. The smallest absolute Gasteiger partial charge is 0.223 e. The van der Waals surface area contributed by atoms with Gasteiger partial charge < -0.3 is 19.5 Å². The Bertz CT molecular complexity index is 680. The molecule has 2 aliphatic heterocycles. The Labute approximate surface area is 141 Å². The molecule has 0 N–H and O–H groups in total. The zero-order valence-electron chi connectivity index (χ0n) is 13.9. The lowest BCUT2D eigenvalue weighted by molar-refractivity contribution is -0.377. The number of nitrogens with zero attached hydrogens (tertiary/aromatic N) is 2. The Morgan fingerprint density at radius 2 is 2.29 bits per heavy atom. The van der Waals surface area contributed by atoms with E-state index < -0.39 is 11.7 Å². The van der Waals surface area contributed by atoms with Gasteiger partial charge in [0.25, 0.3) is 0 Å². The number of rotatable bonds is 4. The highest BCUT2D eigenvalue weighted by Crippen LogP contribution is 2.46. The predicted octanol–water partition coefficient (Wildman–Crippen LogP) is 1.82. The van der Waals surface area contributed by atoms with Crippen molar-refractivity contribution in [3.8, 4) is 5.75 Å². The van der Waals surface area contributed by atoms with Gasteiger partial charge in [-0.15, -0.1) is 6.61 Å². The minimum atomic E-state index is -0.685. The molecule has 1 fully saturated rings. The number of carbonyl (C=O) groups excluding carboxylic acids is 1. The first-order valence-electron chi connectivity index (χ1n) is 8.17. The van der Waals surface area contributed by atoms with Crippen LogP contribution in [0.15, 0.2) is 18.2 Å². The maximum atomic E-state index is 12.4. The van der Waals surface area contributed by atoms with Crippen molar-refractivity contribution >= 4 is 11.6 Å². The number of amides is 1. The second-order valence-electron chi connectivity index (χ2n) is 6.67. The fourth-order valence-corrected chi connectivity index (χ4v) is 3.58. The molecule has 1 amide bonds. The summed E-state index contributed by atoms with van der Waals surface area (Å²) in [4.78, 5) is 17.7. The van der Waals surface area contributed by atoms with E-state index in [-0.39, 0.29) is 25.2 Å². The standard InChI is InChI=1S/C18H21N2O4/c1-18(2)17(23-10-9-21)16(20-8-4-5-15(20)22)13-11-12(19-3)6-7-14(13)24-18/h6-7,11,16-17H,4-5,8-10H2,1-2H3/q-1/t16-,17+/m1/s1. The van der Waals surface area contributed by atoms with Crippen molar-refractivity contribution in [1.29, 1.82) is 0 Å². The third-order valence-electron chi connectivity index (χ3n) is 4.61. The van der Waals surface area contributed by atoms with Gasteiger partial charge in [-0.2, -0.15) is 0 Å². The van der Waals surface area contributed by atoms with E-state index in [1.807, 2.05) is 18.7 Å². The molecule has 24 heavy (non-hydrogen) atoms. The number of fused-ring (bicyclic) bond motifs is 1. The molecule has 0 unspecified atom stereocenters. The minimum absolute atomic E-state index is 0.0633. The van der Waals surface area contributed by atoms with E-state index in [2.05, 4.69) is 4.85 Å². The van der Waals surface area contributed by atoms with E-state index in [1.165, 1.54) is 0 Å². The molecule has 2 atom stereocenters. The maximum absolute atomic E-state index is 12.4. The summed E-state index contributed by atoms with van der Waals surface area (Å²) >= 11 is 0. The van der Waals surface area contributed by atoms with Gasteiger partial charge in [0.15, 0.2) is 5.69 Å². The highest BCUT2D eigenvalue weighted by molar-refractivity contribution is 5.79. The average molecular weight is 329 g/mol. The van der Waals surface area contributed by atoms with Gasteiger partial charge in [0.05, 0.1) is 12.6 Å². The Hall–Kier alpha value is -2.10. The summed E-state index contributed by atoms with van der Waals surface area (Å²) in [5.74, 6) is 0.742. The number of hydrogen-bond donors (Lipinski definition) is 0. The Balaban J connectivity index is 2.10. The van der Waals surface area contributed by atoms with Crippen LogP contribution in [0, 0.1) is 6.57 Å². The van der Waals surface area contributed by atoms with Gasteiger partial charge in [-0.25, -0.2) is 4.85 Å². The van der Waals surface area contributed by atoms with E-state index in [9.17, 15) is 9.90 Å². The van der Waals surface area contributed by atoms with Gasteiger partial charge in [0.1, 0.15) is 17.5 Å². The van der Waals surface area contributed by atoms with Gasteiger partial charge in [-0.3, -0.25) is 4.79 Å². The number of hydrogen-bond acceptors (Lipinski definition) is 4. The molecule has 0 bridgehead atoms. The number of likely N-dealkylation sites (tertiary alicyclic amines) is 1. The number of benzene rings is 1. The van der Waals surface area contributed by atoms with Gasteiger partial charge >= 0.3 is 0 Å². The second-order valence-corrected chi connectivity index (χ2v) is 6.67. The normalized spacial score (nSPS) is 25.1.